The van der Waals surface area contributed by atoms with Gasteiger partial charge >= 0.3 is 0 Å². The maximum atomic E-state index is 2.61. The van der Waals surface area contributed by atoms with Gasteiger partial charge in [-0.3, -0.25) is 0 Å². The van der Waals surface area contributed by atoms with Gasteiger partial charge in [0.2, 0.25) is 0 Å². The standard InChI is InChI=1S/C78H50BN5/c1-6-24-51(25-7-1)53-28-22-35-58(48-53)81-70-43-23-42-69-75(70)79(63-46-44-54(49-71(63)81)52-26-8-2-9-27-52)64-50-59(45-47-68(64)80(69)55-29-10-3-11-30-55)84-67-41-21-18-38-62(67)74-77-72(60-36-16-19-39-65(60)82(77)56-31-12-4-13-32-56)76-73(78(74)84)61-37-17-20-40-66(61)83(76)57-33-14-5-15-34-57/h1-50H. The quantitative estimate of drug-likeness (QED) is 0.148. The molecule has 0 fully saturated rings. The van der Waals surface area contributed by atoms with E-state index >= 15 is 0 Å². The van der Waals surface area contributed by atoms with Gasteiger partial charge in [-0.25, -0.2) is 0 Å². The molecule has 84 heavy (non-hydrogen) atoms. The SMILES string of the molecule is c1ccc(-c2cccc(N3c4cc(-c5ccccc5)ccc4B4c5cc(-n6c7ccccc7c7c8c(c9ccccc9n8-c8ccccc8)c8c(c9ccccc9n8-c8ccccc8)c76)ccc5N(c5ccccc5)c5cccc3c54)c2)cc1. The molecule has 0 amide bonds. The van der Waals surface area contributed by atoms with Crippen molar-refractivity contribution in [3.63, 3.8) is 0 Å². The summed E-state index contributed by atoms with van der Waals surface area (Å²) in [6.45, 7) is -0.125. The minimum Gasteiger partial charge on any atom is -0.311 e. The second-order valence-electron chi connectivity index (χ2n) is 22.3. The first kappa shape index (κ1) is 46.7. The van der Waals surface area contributed by atoms with Crippen molar-refractivity contribution >= 4 is 123 Å². The van der Waals surface area contributed by atoms with Gasteiger partial charge in [0, 0.05) is 83.5 Å². The Bertz CT molecular complexity index is 5250. The zero-order valence-electron chi connectivity index (χ0n) is 45.7. The Kier molecular flexibility index (Phi) is 10.1. The molecule has 0 radical (unpaired) electrons. The van der Waals surface area contributed by atoms with Gasteiger partial charge in [0.15, 0.2) is 0 Å². The van der Waals surface area contributed by atoms with Crippen LogP contribution in [0.3, 0.4) is 0 Å². The molecule has 0 saturated heterocycles. The number of benzene rings is 13. The Labute approximate surface area is 486 Å². The minimum atomic E-state index is -0.125. The highest BCUT2D eigenvalue weighted by Crippen LogP contribution is 2.51. The monoisotopic (exact) mass is 1070 g/mol. The third-order valence-corrected chi connectivity index (χ3v) is 17.9. The van der Waals surface area contributed by atoms with Crippen molar-refractivity contribution in [2.45, 2.75) is 0 Å². The largest absolute Gasteiger partial charge is 0.311 e. The highest BCUT2D eigenvalue weighted by molar-refractivity contribution is 7.00. The lowest BCUT2D eigenvalue weighted by Gasteiger charge is -2.44. The molecule has 0 aliphatic carbocycles. The van der Waals surface area contributed by atoms with Crippen LogP contribution in [0.15, 0.2) is 303 Å². The van der Waals surface area contributed by atoms with Crippen molar-refractivity contribution < 1.29 is 0 Å². The summed E-state index contributed by atoms with van der Waals surface area (Å²) in [6, 6.07) is 112. The summed E-state index contributed by atoms with van der Waals surface area (Å²) < 4.78 is 7.67. The first-order valence-corrected chi connectivity index (χ1v) is 29.0. The van der Waals surface area contributed by atoms with E-state index in [1.165, 1.54) is 116 Å². The molecule has 5 heterocycles. The maximum Gasteiger partial charge on any atom is 0.252 e. The van der Waals surface area contributed by atoms with Crippen LogP contribution in [0.2, 0.25) is 0 Å². The zero-order chi connectivity index (χ0) is 55.0. The molecule has 0 unspecified atom stereocenters. The van der Waals surface area contributed by atoms with Gasteiger partial charge in [-0.2, -0.15) is 0 Å². The smallest absolute Gasteiger partial charge is 0.252 e. The predicted octanol–water partition coefficient (Wildman–Crippen LogP) is 18.4. The molecule has 0 atom stereocenters. The molecule has 6 heteroatoms. The van der Waals surface area contributed by atoms with Crippen molar-refractivity contribution in [3.05, 3.63) is 303 Å². The number of nitrogens with zero attached hydrogens (tertiary/aromatic N) is 5. The maximum absolute atomic E-state index is 2.61. The summed E-state index contributed by atoms with van der Waals surface area (Å²) in [5.41, 5.74) is 25.8. The fourth-order valence-corrected chi connectivity index (χ4v) is 14.6. The third-order valence-electron chi connectivity index (χ3n) is 17.9. The number of para-hydroxylation sites is 6. The van der Waals surface area contributed by atoms with E-state index in [4.69, 9.17) is 0 Å². The topological polar surface area (TPSA) is 21.3 Å². The first-order valence-electron chi connectivity index (χ1n) is 29.0. The van der Waals surface area contributed by atoms with Crippen LogP contribution in [-0.2, 0) is 0 Å². The van der Waals surface area contributed by atoms with Crippen LogP contribution in [0, 0.1) is 0 Å². The van der Waals surface area contributed by atoms with Gasteiger partial charge in [0.05, 0.1) is 33.1 Å². The summed E-state index contributed by atoms with van der Waals surface area (Å²) in [7, 11) is 0. The van der Waals surface area contributed by atoms with E-state index in [0.717, 1.165) is 39.6 Å². The molecular formula is C78H50BN5. The van der Waals surface area contributed by atoms with E-state index in [1.54, 1.807) is 0 Å². The van der Waals surface area contributed by atoms with Gasteiger partial charge in [-0.1, -0.05) is 200 Å². The van der Waals surface area contributed by atoms with Gasteiger partial charge in [-0.15, -0.1) is 0 Å². The predicted molar refractivity (Wildman–Crippen MR) is 354 cm³/mol. The first-order chi connectivity index (χ1) is 41.7. The number of fused-ring (bicyclic) bond motifs is 16. The molecule has 13 aromatic carbocycles. The highest BCUT2D eigenvalue weighted by Gasteiger charge is 2.44. The van der Waals surface area contributed by atoms with Crippen molar-refractivity contribution in [1.82, 2.24) is 13.7 Å². The van der Waals surface area contributed by atoms with Gasteiger partial charge < -0.3 is 23.5 Å². The molecular weight excluding hydrogens is 1020 g/mol. The normalized spacial score (nSPS) is 12.7. The minimum absolute atomic E-state index is 0.125. The number of aromatic nitrogens is 3. The summed E-state index contributed by atoms with van der Waals surface area (Å²) in [4.78, 5) is 5.04. The van der Waals surface area contributed by atoms with Crippen LogP contribution in [0.5, 0.6) is 0 Å². The Morgan fingerprint density at radius 2 is 0.631 bits per heavy atom. The number of anilines is 6. The molecule has 390 valence electrons. The molecule has 18 rings (SSSR count). The van der Waals surface area contributed by atoms with E-state index < -0.39 is 0 Å². The lowest BCUT2D eigenvalue weighted by molar-refractivity contribution is 1.17. The van der Waals surface area contributed by atoms with E-state index in [1.807, 2.05) is 0 Å². The number of hydrogen-bond donors (Lipinski definition) is 0. The Morgan fingerprint density at radius 3 is 1.15 bits per heavy atom. The van der Waals surface area contributed by atoms with Gasteiger partial charge in [-0.05, 0) is 142 Å². The van der Waals surface area contributed by atoms with Crippen molar-refractivity contribution in [1.29, 1.82) is 0 Å². The van der Waals surface area contributed by atoms with Crippen LogP contribution >= 0.6 is 0 Å². The Balaban J connectivity index is 0.978. The molecule has 0 saturated carbocycles. The van der Waals surface area contributed by atoms with E-state index in [2.05, 4.69) is 327 Å². The average Bonchev–Trinajstić information content (AvgIpc) is 1.52. The van der Waals surface area contributed by atoms with Gasteiger partial charge in [0.25, 0.3) is 6.71 Å². The van der Waals surface area contributed by atoms with E-state index in [-0.39, 0.29) is 6.71 Å². The molecule has 2 aliphatic rings. The molecule has 5 nitrogen and oxygen atoms in total. The number of rotatable bonds is 7. The summed E-state index contributed by atoms with van der Waals surface area (Å²) in [5.74, 6) is 0. The summed E-state index contributed by atoms with van der Waals surface area (Å²) in [6.07, 6.45) is 0. The van der Waals surface area contributed by atoms with Crippen LogP contribution in [0.25, 0.3) is 105 Å². The molecule has 2 aliphatic heterocycles. The van der Waals surface area contributed by atoms with Crippen LogP contribution < -0.4 is 26.2 Å². The Morgan fingerprint density at radius 1 is 0.226 bits per heavy atom. The fraction of sp³-hybridized carbons (Fsp3) is 0. The van der Waals surface area contributed by atoms with Crippen LogP contribution in [0.1, 0.15) is 0 Å². The second kappa shape index (κ2) is 18.2. The summed E-state index contributed by atoms with van der Waals surface area (Å²) >= 11 is 0. The zero-order valence-corrected chi connectivity index (χ0v) is 45.7. The fourth-order valence-electron chi connectivity index (χ4n) is 14.6. The van der Waals surface area contributed by atoms with Crippen molar-refractivity contribution in [2.24, 2.45) is 0 Å². The average molecular weight is 1070 g/mol. The molecule has 0 spiro atoms. The lowest BCUT2D eigenvalue weighted by Crippen LogP contribution is -2.61. The molecule has 3 aromatic heterocycles. The molecule has 0 bridgehead atoms. The third kappa shape index (κ3) is 6.68. The van der Waals surface area contributed by atoms with E-state index in [0.29, 0.717) is 0 Å². The Hall–Kier alpha value is -11.1. The van der Waals surface area contributed by atoms with Crippen LogP contribution in [0.4, 0.5) is 34.1 Å². The van der Waals surface area contributed by atoms with E-state index in [9.17, 15) is 0 Å². The van der Waals surface area contributed by atoms with Crippen molar-refractivity contribution in [2.75, 3.05) is 9.80 Å². The molecule has 16 aromatic rings. The number of hydrogen-bond acceptors (Lipinski definition) is 2. The van der Waals surface area contributed by atoms with Crippen molar-refractivity contribution in [3.8, 4) is 39.3 Å². The molecule has 0 N–H and O–H groups in total. The van der Waals surface area contributed by atoms with Gasteiger partial charge in [0.1, 0.15) is 0 Å². The second-order valence-corrected chi connectivity index (χ2v) is 22.3. The summed E-state index contributed by atoms with van der Waals surface area (Å²) in [5, 5.41) is 7.33. The highest BCUT2D eigenvalue weighted by atomic mass is 15.2. The lowest BCUT2D eigenvalue weighted by atomic mass is 9.33. The van der Waals surface area contributed by atoms with Crippen LogP contribution in [-0.4, -0.2) is 20.4 Å².